The van der Waals surface area contributed by atoms with E-state index >= 15 is 0 Å². The minimum absolute atomic E-state index is 0.164. The van der Waals surface area contributed by atoms with Crippen LogP contribution >= 0.6 is 0 Å². The van der Waals surface area contributed by atoms with Gasteiger partial charge in [0.05, 0.1) is 12.2 Å². The van der Waals surface area contributed by atoms with Gasteiger partial charge >= 0.3 is 0 Å². The van der Waals surface area contributed by atoms with Crippen molar-refractivity contribution in [2.24, 2.45) is 11.3 Å². The van der Waals surface area contributed by atoms with Crippen LogP contribution in [-0.4, -0.2) is 24.4 Å². The molecular weight excluding hydrogens is 164 g/mol. The van der Waals surface area contributed by atoms with Crippen molar-refractivity contribution in [3.8, 4) is 0 Å². The Morgan fingerprint density at radius 2 is 1.77 bits per heavy atom. The average molecular weight is 186 g/mol. The summed E-state index contributed by atoms with van der Waals surface area (Å²) >= 11 is 0. The smallest absolute Gasteiger partial charge is 0.0598 e. The van der Waals surface area contributed by atoms with E-state index in [9.17, 15) is 5.11 Å². The third-order valence-electron chi connectivity index (χ3n) is 3.20. The molecule has 0 spiro atoms. The Bertz CT molecular complexity index is 160. The van der Waals surface area contributed by atoms with Gasteiger partial charge in [0.1, 0.15) is 0 Å². The number of methoxy groups -OCH3 is 1. The standard InChI is InChI=1S/C11H22O2/c1-11(2,3)8-5-9(12)7-10(6-8)13-4/h8-10,12H,5-7H2,1-4H3/t8-,9-,10-/m0/s1. The maximum absolute atomic E-state index is 9.66. The third-order valence-corrected chi connectivity index (χ3v) is 3.20. The predicted octanol–water partition coefficient (Wildman–Crippen LogP) is 2.21. The Labute approximate surface area is 81.3 Å². The van der Waals surface area contributed by atoms with Gasteiger partial charge in [-0.15, -0.1) is 0 Å². The Morgan fingerprint density at radius 3 is 2.23 bits per heavy atom. The first-order valence-electron chi connectivity index (χ1n) is 5.14. The Hall–Kier alpha value is -0.0800. The van der Waals surface area contributed by atoms with E-state index in [1.54, 1.807) is 7.11 Å². The van der Waals surface area contributed by atoms with Crippen LogP contribution in [0.1, 0.15) is 40.0 Å². The Morgan fingerprint density at radius 1 is 1.15 bits per heavy atom. The van der Waals surface area contributed by atoms with Gasteiger partial charge in [0, 0.05) is 7.11 Å². The predicted molar refractivity (Wildman–Crippen MR) is 53.6 cm³/mol. The van der Waals surface area contributed by atoms with Crippen molar-refractivity contribution < 1.29 is 9.84 Å². The lowest BCUT2D eigenvalue weighted by molar-refractivity contribution is -0.0347. The zero-order chi connectivity index (χ0) is 10.1. The van der Waals surface area contributed by atoms with Gasteiger partial charge in [0.2, 0.25) is 0 Å². The number of aliphatic hydroxyl groups excluding tert-OH is 1. The summed E-state index contributed by atoms with van der Waals surface area (Å²) in [5, 5.41) is 9.66. The first-order valence-corrected chi connectivity index (χ1v) is 5.14. The van der Waals surface area contributed by atoms with Crippen molar-refractivity contribution in [2.45, 2.75) is 52.2 Å². The van der Waals surface area contributed by atoms with Crippen molar-refractivity contribution in [2.75, 3.05) is 7.11 Å². The molecule has 0 heterocycles. The van der Waals surface area contributed by atoms with Crippen molar-refractivity contribution in [1.29, 1.82) is 0 Å². The normalized spacial score (nSPS) is 36.2. The molecule has 0 bridgehead atoms. The van der Waals surface area contributed by atoms with Crippen LogP contribution in [0.3, 0.4) is 0 Å². The van der Waals surface area contributed by atoms with Crippen LogP contribution in [0, 0.1) is 11.3 Å². The molecule has 0 aliphatic heterocycles. The van der Waals surface area contributed by atoms with E-state index in [2.05, 4.69) is 20.8 Å². The average Bonchev–Trinajstić information content (AvgIpc) is 2.01. The second kappa shape index (κ2) is 3.97. The summed E-state index contributed by atoms with van der Waals surface area (Å²) < 4.78 is 5.33. The third kappa shape index (κ3) is 2.96. The molecule has 1 N–H and O–H groups in total. The molecule has 2 nitrogen and oxygen atoms in total. The second-order valence-corrected chi connectivity index (χ2v) is 5.28. The molecule has 1 rings (SSSR count). The minimum Gasteiger partial charge on any atom is -0.393 e. The van der Waals surface area contributed by atoms with Gasteiger partial charge < -0.3 is 9.84 Å². The summed E-state index contributed by atoms with van der Waals surface area (Å²) in [5.41, 5.74) is 0.290. The molecule has 0 unspecified atom stereocenters. The van der Waals surface area contributed by atoms with Crippen molar-refractivity contribution in [3.63, 3.8) is 0 Å². The molecule has 1 aliphatic carbocycles. The van der Waals surface area contributed by atoms with E-state index in [-0.39, 0.29) is 17.6 Å². The lowest BCUT2D eigenvalue weighted by Gasteiger charge is -2.39. The van der Waals surface area contributed by atoms with E-state index in [1.807, 2.05) is 0 Å². The van der Waals surface area contributed by atoms with Gasteiger partial charge in [-0.1, -0.05) is 20.8 Å². The van der Waals surface area contributed by atoms with Gasteiger partial charge in [-0.2, -0.15) is 0 Å². The summed E-state index contributed by atoms with van der Waals surface area (Å²) in [6, 6.07) is 0. The molecule has 3 atom stereocenters. The Kier molecular flexibility index (Phi) is 3.36. The SMILES string of the molecule is CO[C@@H]1C[C@@H](O)C[C@H](C(C)(C)C)C1. The van der Waals surface area contributed by atoms with Crippen LogP contribution < -0.4 is 0 Å². The topological polar surface area (TPSA) is 29.5 Å². The summed E-state index contributed by atoms with van der Waals surface area (Å²) in [5.74, 6) is 0.584. The van der Waals surface area contributed by atoms with Crippen LogP contribution in [0.2, 0.25) is 0 Å². The monoisotopic (exact) mass is 186 g/mol. The number of hydrogen-bond acceptors (Lipinski definition) is 2. The first kappa shape index (κ1) is 11.0. The highest BCUT2D eigenvalue weighted by Gasteiger charge is 2.34. The highest BCUT2D eigenvalue weighted by atomic mass is 16.5. The molecule has 1 fully saturated rings. The molecule has 1 aliphatic rings. The van der Waals surface area contributed by atoms with Gasteiger partial charge in [0.15, 0.2) is 0 Å². The zero-order valence-electron chi connectivity index (χ0n) is 9.21. The van der Waals surface area contributed by atoms with E-state index < -0.39 is 0 Å². The van der Waals surface area contributed by atoms with E-state index in [0.29, 0.717) is 5.92 Å². The first-order chi connectivity index (χ1) is 5.93. The maximum atomic E-state index is 9.66. The van der Waals surface area contributed by atoms with Gasteiger partial charge in [-0.25, -0.2) is 0 Å². The molecule has 78 valence electrons. The fourth-order valence-electron chi connectivity index (χ4n) is 2.14. The molecule has 2 heteroatoms. The maximum Gasteiger partial charge on any atom is 0.0598 e. The summed E-state index contributed by atoms with van der Waals surface area (Å²) in [7, 11) is 1.74. The fraction of sp³-hybridized carbons (Fsp3) is 1.00. The summed E-state index contributed by atoms with van der Waals surface area (Å²) in [6.07, 6.45) is 2.93. The minimum atomic E-state index is -0.164. The molecular formula is C11H22O2. The highest BCUT2D eigenvalue weighted by molar-refractivity contribution is 4.85. The lowest BCUT2D eigenvalue weighted by Crippen LogP contribution is -2.36. The van der Waals surface area contributed by atoms with E-state index in [4.69, 9.17) is 4.74 Å². The number of rotatable bonds is 1. The second-order valence-electron chi connectivity index (χ2n) is 5.28. The molecule has 0 aromatic carbocycles. The van der Waals surface area contributed by atoms with Crippen molar-refractivity contribution >= 4 is 0 Å². The van der Waals surface area contributed by atoms with Gasteiger partial charge in [-0.3, -0.25) is 0 Å². The van der Waals surface area contributed by atoms with Crippen molar-refractivity contribution in [3.05, 3.63) is 0 Å². The summed E-state index contributed by atoms with van der Waals surface area (Å²) in [4.78, 5) is 0. The highest BCUT2D eigenvalue weighted by Crippen LogP contribution is 2.38. The molecule has 0 radical (unpaired) electrons. The van der Waals surface area contributed by atoms with Crippen LogP contribution in [-0.2, 0) is 4.74 Å². The molecule has 0 saturated heterocycles. The Balaban J connectivity index is 2.57. The van der Waals surface area contributed by atoms with Crippen LogP contribution in [0.5, 0.6) is 0 Å². The van der Waals surface area contributed by atoms with E-state index in [0.717, 1.165) is 19.3 Å². The van der Waals surface area contributed by atoms with Crippen molar-refractivity contribution in [1.82, 2.24) is 0 Å². The quantitative estimate of drug-likeness (QED) is 0.680. The zero-order valence-corrected chi connectivity index (χ0v) is 9.21. The van der Waals surface area contributed by atoms with Gasteiger partial charge in [-0.05, 0) is 30.6 Å². The largest absolute Gasteiger partial charge is 0.393 e. The van der Waals surface area contributed by atoms with Gasteiger partial charge in [0.25, 0.3) is 0 Å². The lowest BCUT2D eigenvalue weighted by atomic mass is 9.71. The molecule has 1 saturated carbocycles. The fourth-order valence-corrected chi connectivity index (χ4v) is 2.14. The van der Waals surface area contributed by atoms with Crippen LogP contribution in [0.25, 0.3) is 0 Å². The number of hydrogen-bond donors (Lipinski definition) is 1. The van der Waals surface area contributed by atoms with Crippen LogP contribution in [0.4, 0.5) is 0 Å². The number of ether oxygens (including phenoxy) is 1. The molecule has 0 amide bonds. The molecule has 0 aromatic heterocycles. The summed E-state index contributed by atoms with van der Waals surface area (Å²) in [6.45, 7) is 6.72. The molecule has 13 heavy (non-hydrogen) atoms. The van der Waals surface area contributed by atoms with E-state index in [1.165, 1.54) is 0 Å². The molecule has 0 aromatic rings. The number of aliphatic hydroxyl groups is 1. The van der Waals surface area contributed by atoms with Crippen LogP contribution in [0.15, 0.2) is 0 Å².